The van der Waals surface area contributed by atoms with Crippen molar-refractivity contribution in [3.8, 4) is 0 Å². The van der Waals surface area contributed by atoms with Gasteiger partial charge in [-0.2, -0.15) is 0 Å². The van der Waals surface area contributed by atoms with E-state index < -0.39 is 0 Å². The van der Waals surface area contributed by atoms with E-state index in [1.807, 2.05) is 0 Å². The lowest BCUT2D eigenvalue weighted by atomic mass is 9.94. The fraction of sp³-hybridized carbons (Fsp3) is 0.529. The number of nitrogens with zero attached hydrogens (tertiary/aromatic N) is 3. The number of hydrogen-bond acceptors (Lipinski definition) is 5. The van der Waals surface area contributed by atoms with Crippen molar-refractivity contribution in [2.45, 2.75) is 45.4 Å². The molecule has 0 radical (unpaired) electrons. The molecular formula is C17H22N4O3. The number of carbonyl (C=O) groups excluding carboxylic acids is 1. The Bertz CT molecular complexity index is 780. The third-order valence-corrected chi connectivity index (χ3v) is 4.28. The predicted molar refractivity (Wildman–Crippen MR) is 88.0 cm³/mol. The summed E-state index contributed by atoms with van der Waals surface area (Å²) in [6.07, 6.45) is 3.52. The van der Waals surface area contributed by atoms with E-state index in [9.17, 15) is 9.59 Å². The summed E-state index contributed by atoms with van der Waals surface area (Å²) in [6, 6.07) is 3.26. The maximum Gasteiger partial charge on any atom is 0.276 e. The Balaban J connectivity index is 1.74. The van der Waals surface area contributed by atoms with Crippen molar-refractivity contribution in [2.24, 2.45) is 0 Å². The molecule has 0 saturated carbocycles. The largest absolute Gasteiger partial charge is 0.361 e. The molecule has 1 saturated heterocycles. The highest BCUT2D eigenvalue weighted by atomic mass is 16.5. The average Bonchev–Trinajstić information content (AvgIpc) is 3.02. The second-order valence-corrected chi connectivity index (χ2v) is 6.27. The Hall–Kier alpha value is -2.44. The van der Waals surface area contributed by atoms with E-state index in [2.05, 4.69) is 22.0 Å². The molecule has 1 unspecified atom stereocenters. The zero-order chi connectivity index (χ0) is 17.1. The van der Waals surface area contributed by atoms with Crippen LogP contribution >= 0.6 is 0 Å². The Kier molecular flexibility index (Phi) is 4.78. The molecule has 1 amide bonds. The van der Waals surface area contributed by atoms with Gasteiger partial charge in [-0.05, 0) is 26.2 Å². The number of amides is 1. The highest BCUT2D eigenvalue weighted by molar-refractivity contribution is 5.92. The van der Waals surface area contributed by atoms with Crippen molar-refractivity contribution in [3.05, 3.63) is 45.5 Å². The van der Waals surface area contributed by atoms with Gasteiger partial charge in [-0.3, -0.25) is 9.59 Å². The average molecular weight is 330 g/mol. The molecule has 24 heavy (non-hydrogen) atoms. The number of H-pyrrole nitrogens is 1. The molecule has 1 atom stereocenters. The van der Waals surface area contributed by atoms with Gasteiger partial charge in [0.1, 0.15) is 11.6 Å². The summed E-state index contributed by atoms with van der Waals surface area (Å²) in [7, 11) is 0. The van der Waals surface area contributed by atoms with Crippen LogP contribution in [0.25, 0.3) is 0 Å². The molecule has 7 nitrogen and oxygen atoms in total. The lowest BCUT2D eigenvalue weighted by Gasteiger charge is -2.31. The van der Waals surface area contributed by atoms with Crippen LogP contribution in [0, 0.1) is 6.92 Å². The van der Waals surface area contributed by atoms with Crippen molar-refractivity contribution >= 4 is 5.91 Å². The standard InChI is InChI=1S/C17H22N4O3/c1-3-5-13-8-15(20-24-13)17(23)21-7-4-6-12(10-21)14-9-16(22)19-11(2)18-14/h8-9,12H,3-7,10H2,1-2H3,(H,18,19,22). The van der Waals surface area contributed by atoms with Crippen LogP contribution in [-0.2, 0) is 6.42 Å². The summed E-state index contributed by atoms with van der Waals surface area (Å²) in [6.45, 7) is 5.05. The van der Waals surface area contributed by atoms with Crippen LogP contribution in [-0.4, -0.2) is 39.0 Å². The topological polar surface area (TPSA) is 92.1 Å². The van der Waals surface area contributed by atoms with Crippen LogP contribution < -0.4 is 5.56 Å². The summed E-state index contributed by atoms with van der Waals surface area (Å²) in [5.74, 6) is 1.29. The van der Waals surface area contributed by atoms with Gasteiger partial charge in [0.2, 0.25) is 0 Å². The molecule has 7 heteroatoms. The minimum absolute atomic E-state index is 0.0747. The van der Waals surface area contributed by atoms with Gasteiger partial charge in [0.05, 0.1) is 5.69 Å². The molecule has 0 bridgehead atoms. The van der Waals surface area contributed by atoms with Gasteiger partial charge in [0.25, 0.3) is 11.5 Å². The Morgan fingerprint density at radius 2 is 2.29 bits per heavy atom. The van der Waals surface area contributed by atoms with Gasteiger partial charge < -0.3 is 14.4 Å². The Morgan fingerprint density at radius 3 is 3.04 bits per heavy atom. The van der Waals surface area contributed by atoms with E-state index in [4.69, 9.17) is 4.52 Å². The summed E-state index contributed by atoms with van der Waals surface area (Å²) in [5.41, 5.74) is 0.955. The van der Waals surface area contributed by atoms with E-state index in [-0.39, 0.29) is 17.4 Å². The van der Waals surface area contributed by atoms with E-state index in [1.165, 1.54) is 6.07 Å². The summed E-state index contributed by atoms with van der Waals surface area (Å²) in [4.78, 5) is 33.2. The van der Waals surface area contributed by atoms with Gasteiger partial charge >= 0.3 is 0 Å². The number of aromatic amines is 1. The van der Waals surface area contributed by atoms with Gasteiger partial charge in [-0.1, -0.05) is 12.1 Å². The number of piperidine rings is 1. The molecule has 1 N–H and O–H groups in total. The van der Waals surface area contributed by atoms with E-state index in [1.54, 1.807) is 17.9 Å². The minimum atomic E-state index is -0.151. The number of nitrogens with one attached hydrogen (secondary N) is 1. The van der Waals surface area contributed by atoms with Gasteiger partial charge in [-0.25, -0.2) is 4.98 Å². The zero-order valence-electron chi connectivity index (χ0n) is 14.0. The van der Waals surface area contributed by atoms with Gasteiger partial charge in [0.15, 0.2) is 5.69 Å². The first-order valence-electron chi connectivity index (χ1n) is 8.39. The molecule has 3 heterocycles. The number of carbonyl (C=O) groups is 1. The molecule has 2 aromatic heterocycles. The summed E-state index contributed by atoms with van der Waals surface area (Å²) in [5, 5.41) is 3.90. The van der Waals surface area contributed by atoms with Crippen LogP contribution in [0.15, 0.2) is 21.5 Å². The monoisotopic (exact) mass is 330 g/mol. The number of hydrogen-bond donors (Lipinski definition) is 1. The highest BCUT2D eigenvalue weighted by Crippen LogP contribution is 2.26. The lowest BCUT2D eigenvalue weighted by molar-refractivity contribution is 0.0695. The predicted octanol–water partition coefficient (Wildman–Crippen LogP) is 2.04. The summed E-state index contributed by atoms with van der Waals surface area (Å²) >= 11 is 0. The quantitative estimate of drug-likeness (QED) is 0.926. The molecule has 2 aromatic rings. The third-order valence-electron chi connectivity index (χ3n) is 4.28. The Morgan fingerprint density at radius 1 is 1.46 bits per heavy atom. The van der Waals surface area contributed by atoms with Crippen LogP contribution in [0.4, 0.5) is 0 Å². The van der Waals surface area contributed by atoms with E-state index in [0.29, 0.717) is 24.6 Å². The zero-order valence-corrected chi connectivity index (χ0v) is 14.0. The smallest absolute Gasteiger partial charge is 0.276 e. The van der Waals surface area contributed by atoms with Crippen molar-refractivity contribution in [1.29, 1.82) is 0 Å². The SMILES string of the molecule is CCCc1cc(C(=O)N2CCCC(c3cc(=O)[nH]c(C)n3)C2)no1. The fourth-order valence-corrected chi connectivity index (χ4v) is 3.15. The number of rotatable bonds is 4. The van der Waals surface area contributed by atoms with Gasteiger partial charge in [0, 0.05) is 37.6 Å². The molecule has 0 spiro atoms. The molecule has 1 aliphatic heterocycles. The van der Waals surface area contributed by atoms with Crippen LogP contribution in [0.5, 0.6) is 0 Å². The van der Waals surface area contributed by atoms with Crippen LogP contribution in [0.1, 0.15) is 59.9 Å². The second kappa shape index (κ2) is 6.98. The minimum Gasteiger partial charge on any atom is -0.361 e. The second-order valence-electron chi connectivity index (χ2n) is 6.27. The molecule has 0 aromatic carbocycles. The number of aryl methyl sites for hydroxylation is 2. The van der Waals surface area contributed by atoms with Crippen molar-refractivity contribution in [3.63, 3.8) is 0 Å². The van der Waals surface area contributed by atoms with Crippen molar-refractivity contribution in [1.82, 2.24) is 20.0 Å². The maximum absolute atomic E-state index is 12.6. The highest BCUT2D eigenvalue weighted by Gasteiger charge is 2.28. The molecule has 1 fully saturated rings. The molecule has 0 aliphatic carbocycles. The van der Waals surface area contributed by atoms with Crippen LogP contribution in [0.2, 0.25) is 0 Å². The van der Waals surface area contributed by atoms with E-state index in [0.717, 1.165) is 37.1 Å². The van der Waals surface area contributed by atoms with Crippen molar-refractivity contribution in [2.75, 3.05) is 13.1 Å². The first kappa shape index (κ1) is 16.4. The van der Waals surface area contributed by atoms with Crippen molar-refractivity contribution < 1.29 is 9.32 Å². The van der Waals surface area contributed by atoms with Gasteiger partial charge in [-0.15, -0.1) is 0 Å². The third kappa shape index (κ3) is 3.55. The summed E-state index contributed by atoms with van der Waals surface area (Å²) < 4.78 is 5.20. The molecule has 128 valence electrons. The molecule has 1 aliphatic rings. The first-order chi connectivity index (χ1) is 11.6. The molecular weight excluding hydrogens is 308 g/mol. The normalized spacial score (nSPS) is 17.9. The lowest BCUT2D eigenvalue weighted by Crippen LogP contribution is -2.39. The first-order valence-corrected chi connectivity index (χ1v) is 8.39. The maximum atomic E-state index is 12.6. The molecule has 3 rings (SSSR count). The number of aromatic nitrogens is 3. The Labute approximate surface area is 140 Å². The fourth-order valence-electron chi connectivity index (χ4n) is 3.15. The van der Waals surface area contributed by atoms with Crippen LogP contribution in [0.3, 0.4) is 0 Å². The van der Waals surface area contributed by atoms with E-state index >= 15 is 0 Å². The number of likely N-dealkylation sites (tertiary alicyclic amines) is 1.